The predicted octanol–water partition coefficient (Wildman–Crippen LogP) is 2.56. The molecule has 3 aliphatic carbocycles. The van der Waals surface area contributed by atoms with E-state index in [9.17, 15) is 4.79 Å². The second-order valence-electron chi connectivity index (χ2n) is 9.22. The molecule has 6 nitrogen and oxygen atoms in total. The van der Waals surface area contributed by atoms with E-state index in [1.165, 1.54) is 38.5 Å². The molecule has 0 radical (unpaired) electrons. The summed E-state index contributed by atoms with van der Waals surface area (Å²) in [4.78, 5) is 19.2. The average molecular weight is 385 g/mol. The van der Waals surface area contributed by atoms with E-state index in [2.05, 4.69) is 15.5 Å². The minimum atomic E-state index is 0.330. The van der Waals surface area contributed by atoms with Gasteiger partial charge >= 0.3 is 0 Å². The van der Waals surface area contributed by atoms with E-state index in [0.717, 1.165) is 49.6 Å². The Hall–Kier alpha value is -1.98. The summed E-state index contributed by atoms with van der Waals surface area (Å²) >= 11 is 0. The first-order valence-electron chi connectivity index (χ1n) is 11.1. The molecule has 2 N–H and O–H groups in total. The minimum absolute atomic E-state index is 0.330. The van der Waals surface area contributed by atoms with Crippen molar-refractivity contribution >= 4 is 11.9 Å². The second-order valence-corrected chi connectivity index (χ2v) is 9.22. The molecule has 0 aromatic carbocycles. The van der Waals surface area contributed by atoms with Gasteiger partial charge in [-0.2, -0.15) is 0 Å². The Morgan fingerprint density at radius 2 is 2.18 bits per heavy atom. The highest BCUT2D eigenvalue weighted by molar-refractivity contribution is 5.81. The number of hydrogen-bond acceptors (Lipinski definition) is 3. The number of hydrogen-bond donors (Lipinski definition) is 2. The van der Waals surface area contributed by atoms with Crippen molar-refractivity contribution in [3.05, 3.63) is 24.2 Å². The fourth-order valence-electron chi connectivity index (χ4n) is 5.40. The Morgan fingerprint density at radius 3 is 2.89 bits per heavy atom. The standard InChI is InChI=1S/C22H32N4O2/c27-21-12-16(14-26(21)18-5-6-18)13-24-22(23-8-7-19-2-1-9-28-19)25-20-11-15-3-4-17(20)10-15/h1-2,9,15-18,20H,3-8,10-14H2,(H2,23,24,25). The third kappa shape index (κ3) is 4.06. The van der Waals surface area contributed by atoms with Crippen molar-refractivity contribution in [2.24, 2.45) is 22.7 Å². The molecule has 4 unspecified atom stereocenters. The van der Waals surface area contributed by atoms with Crippen LogP contribution in [0.1, 0.15) is 50.7 Å². The average Bonchev–Trinajstić information content (AvgIpc) is 3.10. The highest BCUT2D eigenvalue weighted by Crippen LogP contribution is 2.44. The lowest BCUT2D eigenvalue weighted by atomic mass is 9.95. The number of nitrogens with zero attached hydrogens (tertiary/aromatic N) is 2. The lowest BCUT2D eigenvalue weighted by Gasteiger charge is -2.25. The second kappa shape index (κ2) is 7.80. The fourth-order valence-corrected chi connectivity index (χ4v) is 5.40. The van der Waals surface area contributed by atoms with Gasteiger partial charge in [0.2, 0.25) is 5.91 Å². The van der Waals surface area contributed by atoms with Gasteiger partial charge in [0, 0.05) is 50.5 Å². The number of aliphatic imine (C=N–C) groups is 1. The maximum absolute atomic E-state index is 12.2. The molecule has 6 heteroatoms. The summed E-state index contributed by atoms with van der Waals surface area (Å²) in [6, 6.07) is 5.03. The molecule has 4 fully saturated rings. The predicted molar refractivity (Wildman–Crippen MR) is 108 cm³/mol. The van der Waals surface area contributed by atoms with Gasteiger partial charge in [-0.25, -0.2) is 0 Å². The summed E-state index contributed by atoms with van der Waals surface area (Å²) in [6.07, 6.45) is 11.0. The highest BCUT2D eigenvalue weighted by atomic mass is 16.3. The van der Waals surface area contributed by atoms with E-state index in [0.29, 0.717) is 30.3 Å². The minimum Gasteiger partial charge on any atom is -0.469 e. The normalized spacial score (nSPS) is 32.4. The third-order valence-corrected chi connectivity index (χ3v) is 7.04. The molecule has 1 amide bonds. The number of fused-ring (bicyclic) bond motifs is 2. The number of carbonyl (C=O) groups is 1. The van der Waals surface area contributed by atoms with Crippen LogP contribution in [0, 0.1) is 17.8 Å². The van der Waals surface area contributed by atoms with Gasteiger partial charge in [-0.3, -0.25) is 9.79 Å². The highest BCUT2D eigenvalue weighted by Gasteiger charge is 2.40. The number of rotatable bonds is 7. The van der Waals surface area contributed by atoms with Crippen LogP contribution in [0.15, 0.2) is 27.8 Å². The molecule has 2 heterocycles. The maximum Gasteiger partial charge on any atom is 0.223 e. The first kappa shape index (κ1) is 18.1. The van der Waals surface area contributed by atoms with Gasteiger partial charge < -0.3 is 20.0 Å². The molecule has 1 aromatic rings. The molecule has 0 spiro atoms. The monoisotopic (exact) mass is 384 g/mol. The van der Waals surface area contributed by atoms with E-state index < -0.39 is 0 Å². The quantitative estimate of drug-likeness (QED) is 0.560. The van der Waals surface area contributed by atoms with Crippen molar-refractivity contribution in [3.63, 3.8) is 0 Å². The van der Waals surface area contributed by atoms with Crippen molar-refractivity contribution in [2.45, 2.75) is 63.5 Å². The molecule has 1 saturated heterocycles. The molecular weight excluding hydrogens is 352 g/mol. The lowest BCUT2D eigenvalue weighted by molar-refractivity contribution is -0.128. The van der Waals surface area contributed by atoms with Gasteiger partial charge in [0.15, 0.2) is 5.96 Å². The van der Waals surface area contributed by atoms with Gasteiger partial charge in [0.1, 0.15) is 5.76 Å². The van der Waals surface area contributed by atoms with Crippen LogP contribution in [-0.2, 0) is 11.2 Å². The zero-order valence-electron chi connectivity index (χ0n) is 16.6. The van der Waals surface area contributed by atoms with E-state index in [1.54, 1.807) is 6.26 Å². The van der Waals surface area contributed by atoms with Crippen LogP contribution in [0.5, 0.6) is 0 Å². The van der Waals surface area contributed by atoms with Gasteiger partial charge in [-0.1, -0.05) is 6.42 Å². The summed E-state index contributed by atoms with van der Waals surface area (Å²) in [6.45, 7) is 2.42. The third-order valence-electron chi connectivity index (χ3n) is 7.04. The largest absolute Gasteiger partial charge is 0.469 e. The van der Waals surface area contributed by atoms with Crippen LogP contribution in [0.4, 0.5) is 0 Å². The van der Waals surface area contributed by atoms with Crippen molar-refractivity contribution in [2.75, 3.05) is 19.6 Å². The summed E-state index contributed by atoms with van der Waals surface area (Å²) in [5.74, 6) is 4.31. The Kier molecular flexibility index (Phi) is 5.03. The van der Waals surface area contributed by atoms with Crippen molar-refractivity contribution < 1.29 is 9.21 Å². The first-order valence-corrected chi connectivity index (χ1v) is 11.1. The van der Waals surface area contributed by atoms with E-state index >= 15 is 0 Å². The molecule has 1 aromatic heterocycles. The molecule has 152 valence electrons. The summed E-state index contributed by atoms with van der Waals surface area (Å²) < 4.78 is 5.44. The summed E-state index contributed by atoms with van der Waals surface area (Å²) in [5, 5.41) is 7.22. The number of carbonyl (C=O) groups excluding carboxylic acids is 1. The van der Waals surface area contributed by atoms with E-state index in [1.807, 2.05) is 12.1 Å². The van der Waals surface area contributed by atoms with Gasteiger partial charge in [-0.15, -0.1) is 0 Å². The van der Waals surface area contributed by atoms with E-state index in [4.69, 9.17) is 9.41 Å². The molecule has 4 aliphatic rings. The Balaban J connectivity index is 1.18. The zero-order chi connectivity index (χ0) is 18.9. The first-order chi connectivity index (χ1) is 13.7. The van der Waals surface area contributed by atoms with Crippen LogP contribution >= 0.6 is 0 Å². The molecule has 28 heavy (non-hydrogen) atoms. The molecule has 5 rings (SSSR count). The lowest BCUT2D eigenvalue weighted by Crippen LogP contribution is -2.46. The number of amides is 1. The zero-order valence-corrected chi connectivity index (χ0v) is 16.6. The van der Waals surface area contributed by atoms with Crippen LogP contribution in [-0.4, -0.2) is 48.5 Å². The summed E-state index contributed by atoms with van der Waals surface area (Å²) in [7, 11) is 0. The Bertz CT molecular complexity index is 712. The smallest absolute Gasteiger partial charge is 0.223 e. The Morgan fingerprint density at radius 1 is 1.25 bits per heavy atom. The molecule has 3 saturated carbocycles. The molecular formula is C22H32N4O2. The Labute approximate surface area is 167 Å². The van der Waals surface area contributed by atoms with E-state index in [-0.39, 0.29) is 0 Å². The molecule has 4 atom stereocenters. The van der Waals surface area contributed by atoms with Crippen molar-refractivity contribution in [3.8, 4) is 0 Å². The summed E-state index contributed by atoms with van der Waals surface area (Å²) in [5.41, 5.74) is 0. The fraction of sp³-hybridized carbons (Fsp3) is 0.727. The number of furan rings is 1. The van der Waals surface area contributed by atoms with Crippen molar-refractivity contribution in [1.82, 2.24) is 15.5 Å². The van der Waals surface area contributed by atoms with Crippen molar-refractivity contribution in [1.29, 1.82) is 0 Å². The maximum atomic E-state index is 12.2. The van der Waals surface area contributed by atoms with Gasteiger partial charge in [0.05, 0.1) is 6.26 Å². The number of guanidine groups is 1. The van der Waals surface area contributed by atoms with Crippen LogP contribution in [0.3, 0.4) is 0 Å². The van der Waals surface area contributed by atoms with Crippen LogP contribution < -0.4 is 10.6 Å². The molecule has 2 bridgehead atoms. The number of likely N-dealkylation sites (tertiary alicyclic amines) is 1. The van der Waals surface area contributed by atoms with Gasteiger partial charge in [0.25, 0.3) is 0 Å². The SMILES string of the molecule is O=C1CC(CN=C(NCCc2ccco2)NC2CC3CCC2C3)CN1C1CC1. The van der Waals surface area contributed by atoms with Crippen LogP contribution in [0.25, 0.3) is 0 Å². The van der Waals surface area contributed by atoms with Gasteiger partial charge in [-0.05, 0) is 56.1 Å². The molecule has 1 aliphatic heterocycles. The number of nitrogens with one attached hydrogen (secondary N) is 2. The van der Waals surface area contributed by atoms with Crippen LogP contribution in [0.2, 0.25) is 0 Å². The topological polar surface area (TPSA) is 69.9 Å².